The van der Waals surface area contributed by atoms with Crippen molar-refractivity contribution in [1.82, 2.24) is 15.0 Å². The summed E-state index contributed by atoms with van der Waals surface area (Å²) in [4.78, 5) is 0. The maximum atomic E-state index is 9.91. The van der Waals surface area contributed by atoms with E-state index in [4.69, 9.17) is 0 Å². The van der Waals surface area contributed by atoms with Crippen LogP contribution >= 0.6 is 0 Å². The SMILES string of the molecule is CC(C(O)Cc1cn(C)nn1)C1CC1. The predicted octanol–water partition coefficient (Wildman–Crippen LogP) is 0.765. The van der Waals surface area contributed by atoms with Crippen molar-refractivity contribution in [3.63, 3.8) is 0 Å². The number of aliphatic hydroxyl groups excluding tert-OH is 1. The van der Waals surface area contributed by atoms with Gasteiger partial charge in [-0.15, -0.1) is 5.10 Å². The molecule has 1 aromatic rings. The van der Waals surface area contributed by atoms with Crippen molar-refractivity contribution in [2.75, 3.05) is 0 Å². The molecule has 1 N–H and O–H groups in total. The zero-order valence-electron chi connectivity index (χ0n) is 8.72. The summed E-state index contributed by atoms with van der Waals surface area (Å²) in [6.45, 7) is 2.12. The summed E-state index contributed by atoms with van der Waals surface area (Å²) in [6, 6.07) is 0. The average Bonchev–Trinajstić information content (AvgIpc) is 2.91. The van der Waals surface area contributed by atoms with E-state index in [0.29, 0.717) is 12.3 Å². The smallest absolute Gasteiger partial charge is 0.0852 e. The second kappa shape index (κ2) is 3.69. The molecule has 4 heteroatoms. The van der Waals surface area contributed by atoms with Crippen molar-refractivity contribution < 1.29 is 5.11 Å². The molecule has 4 nitrogen and oxygen atoms in total. The summed E-state index contributed by atoms with van der Waals surface area (Å²) in [6.07, 6.45) is 4.78. The molecule has 0 aromatic carbocycles. The minimum Gasteiger partial charge on any atom is -0.392 e. The van der Waals surface area contributed by atoms with Crippen molar-refractivity contribution in [2.45, 2.75) is 32.3 Å². The van der Waals surface area contributed by atoms with Crippen LogP contribution in [-0.2, 0) is 13.5 Å². The highest BCUT2D eigenvalue weighted by Gasteiger charge is 2.32. The normalized spacial score (nSPS) is 20.8. The molecule has 0 bridgehead atoms. The molecule has 1 aliphatic carbocycles. The summed E-state index contributed by atoms with van der Waals surface area (Å²) in [5, 5.41) is 17.7. The first-order valence-electron chi connectivity index (χ1n) is 5.20. The second-order valence-electron chi connectivity index (χ2n) is 4.35. The Bertz CT molecular complexity index is 306. The molecule has 0 aliphatic heterocycles. The minimum atomic E-state index is -0.265. The van der Waals surface area contributed by atoms with Crippen LogP contribution in [0.5, 0.6) is 0 Å². The molecule has 1 aliphatic rings. The van der Waals surface area contributed by atoms with E-state index in [1.807, 2.05) is 13.2 Å². The van der Waals surface area contributed by atoms with Gasteiger partial charge in [-0.25, -0.2) is 0 Å². The number of aromatic nitrogens is 3. The van der Waals surface area contributed by atoms with E-state index in [1.165, 1.54) is 12.8 Å². The largest absolute Gasteiger partial charge is 0.392 e. The van der Waals surface area contributed by atoms with Crippen LogP contribution in [0.4, 0.5) is 0 Å². The zero-order chi connectivity index (χ0) is 10.1. The third kappa shape index (κ3) is 2.12. The highest BCUT2D eigenvalue weighted by Crippen LogP contribution is 2.38. The Labute approximate surface area is 83.9 Å². The van der Waals surface area contributed by atoms with Gasteiger partial charge < -0.3 is 5.11 Å². The minimum absolute atomic E-state index is 0.265. The van der Waals surface area contributed by atoms with Crippen LogP contribution in [0.1, 0.15) is 25.5 Å². The van der Waals surface area contributed by atoms with Crippen LogP contribution in [0.2, 0.25) is 0 Å². The summed E-state index contributed by atoms with van der Waals surface area (Å²) in [5.41, 5.74) is 0.882. The molecule has 0 saturated heterocycles. The fraction of sp³-hybridized carbons (Fsp3) is 0.800. The van der Waals surface area contributed by atoms with Crippen LogP contribution in [-0.4, -0.2) is 26.2 Å². The number of aliphatic hydroxyl groups is 1. The molecule has 2 rings (SSSR count). The zero-order valence-corrected chi connectivity index (χ0v) is 8.72. The molecule has 78 valence electrons. The van der Waals surface area contributed by atoms with Gasteiger partial charge in [0.15, 0.2) is 0 Å². The lowest BCUT2D eigenvalue weighted by Crippen LogP contribution is -2.22. The van der Waals surface area contributed by atoms with Crippen molar-refractivity contribution >= 4 is 0 Å². The molecule has 1 fully saturated rings. The van der Waals surface area contributed by atoms with Gasteiger partial charge in [-0.05, 0) is 24.7 Å². The Balaban J connectivity index is 1.89. The van der Waals surface area contributed by atoms with Crippen LogP contribution in [0.25, 0.3) is 0 Å². The van der Waals surface area contributed by atoms with E-state index < -0.39 is 0 Å². The van der Waals surface area contributed by atoms with Gasteiger partial charge in [0.25, 0.3) is 0 Å². The number of hydrogen-bond donors (Lipinski definition) is 1. The lowest BCUT2D eigenvalue weighted by Gasteiger charge is -2.16. The Hall–Kier alpha value is -0.900. The van der Waals surface area contributed by atoms with E-state index in [2.05, 4.69) is 17.2 Å². The first-order chi connectivity index (χ1) is 6.66. The molecule has 1 aromatic heterocycles. The van der Waals surface area contributed by atoms with Crippen molar-refractivity contribution in [3.05, 3.63) is 11.9 Å². The van der Waals surface area contributed by atoms with Gasteiger partial charge in [0.05, 0.1) is 11.8 Å². The van der Waals surface area contributed by atoms with Crippen LogP contribution in [0.3, 0.4) is 0 Å². The number of aryl methyl sites for hydroxylation is 1. The highest BCUT2D eigenvalue weighted by atomic mass is 16.3. The molecule has 0 amide bonds. The third-order valence-corrected chi connectivity index (χ3v) is 3.04. The van der Waals surface area contributed by atoms with Crippen LogP contribution in [0, 0.1) is 11.8 Å². The standard InChI is InChI=1S/C10H17N3O/c1-7(8-3-4-8)10(14)5-9-6-13(2)12-11-9/h6-8,10,14H,3-5H2,1-2H3. The number of rotatable bonds is 4. The van der Waals surface area contributed by atoms with E-state index in [0.717, 1.165) is 11.6 Å². The van der Waals surface area contributed by atoms with Gasteiger partial charge in [0, 0.05) is 19.7 Å². The quantitative estimate of drug-likeness (QED) is 0.772. The molecule has 0 radical (unpaired) electrons. The number of nitrogens with zero attached hydrogens (tertiary/aromatic N) is 3. The van der Waals surface area contributed by atoms with Crippen LogP contribution in [0.15, 0.2) is 6.20 Å². The molecule has 2 atom stereocenters. The van der Waals surface area contributed by atoms with Gasteiger partial charge in [0.2, 0.25) is 0 Å². The summed E-state index contributed by atoms with van der Waals surface area (Å²) >= 11 is 0. The molecule has 1 heterocycles. The van der Waals surface area contributed by atoms with E-state index in [1.54, 1.807) is 4.68 Å². The Morgan fingerprint density at radius 1 is 1.64 bits per heavy atom. The molecular formula is C10H17N3O. The topological polar surface area (TPSA) is 50.9 Å². The summed E-state index contributed by atoms with van der Waals surface area (Å²) in [5.74, 6) is 1.14. The maximum Gasteiger partial charge on any atom is 0.0852 e. The first kappa shape index (κ1) is 9.65. The Morgan fingerprint density at radius 3 is 2.86 bits per heavy atom. The fourth-order valence-electron chi connectivity index (χ4n) is 1.83. The molecule has 1 saturated carbocycles. The van der Waals surface area contributed by atoms with Crippen LogP contribution < -0.4 is 0 Å². The van der Waals surface area contributed by atoms with Gasteiger partial charge in [0.1, 0.15) is 0 Å². The summed E-state index contributed by atoms with van der Waals surface area (Å²) < 4.78 is 1.67. The maximum absolute atomic E-state index is 9.91. The Kier molecular flexibility index (Phi) is 2.54. The molecule has 2 unspecified atom stereocenters. The molecular weight excluding hydrogens is 178 g/mol. The average molecular weight is 195 g/mol. The van der Waals surface area contributed by atoms with Crippen molar-refractivity contribution in [3.8, 4) is 0 Å². The third-order valence-electron chi connectivity index (χ3n) is 3.04. The second-order valence-corrected chi connectivity index (χ2v) is 4.35. The molecule has 0 spiro atoms. The predicted molar refractivity (Wildman–Crippen MR) is 52.6 cm³/mol. The fourth-order valence-corrected chi connectivity index (χ4v) is 1.83. The lowest BCUT2D eigenvalue weighted by atomic mass is 9.96. The van der Waals surface area contributed by atoms with Gasteiger partial charge >= 0.3 is 0 Å². The Morgan fingerprint density at radius 2 is 2.36 bits per heavy atom. The summed E-state index contributed by atoms with van der Waals surface area (Å²) in [7, 11) is 1.84. The van der Waals surface area contributed by atoms with E-state index in [-0.39, 0.29) is 6.10 Å². The lowest BCUT2D eigenvalue weighted by molar-refractivity contribution is 0.104. The molecule has 14 heavy (non-hydrogen) atoms. The van der Waals surface area contributed by atoms with E-state index in [9.17, 15) is 5.11 Å². The monoisotopic (exact) mass is 195 g/mol. The van der Waals surface area contributed by atoms with E-state index >= 15 is 0 Å². The van der Waals surface area contributed by atoms with Gasteiger partial charge in [-0.3, -0.25) is 4.68 Å². The first-order valence-corrected chi connectivity index (χ1v) is 5.20. The number of hydrogen-bond acceptors (Lipinski definition) is 3. The van der Waals surface area contributed by atoms with Gasteiger partial charge in [-0.1, -0.05) is 12.1 Å². The van der Waals surface area contributed by atoms with Gasteiger partial charge in [-0.2, -0.15) is 0 Å². The van der Waals surface area contributed by atoms with Crippen molar-refractivity contribution in [2.24, 2.45) is 18.9 Å². The highest BCUT2D eigenvalue weighted by molar-refractivity contribution is 4.96. The van der Waals surface area contributed by atoms with Crippen molar-refractivity contribution in [1.29, 1.82) is 0 Å².